The van der Waals surface area contributed by atoms with Crippen molar-refractivity contribution in [2.45, 2.75) is 6.92 Å². The number of hydrogen-bond donors (Lipinski definition) is 1. The number of aryl methyl sites for hydroxylation is 1. The molecule has 2 rings (SSSR count). The van der Waals surface area contributed by atoms with Gasteiger partial charge >= 0.3 is 0 Å². The lowest BCUT2D eigenvalue weighted by Gasteiger charge is -2.25. The van der Waals surface area contributed by atoms with E-state index in [4.69, 9.17) is 0 Å². The Balaban J connectivity index is 1.82. The third kappa shape index (κ3) is 3.47. The number of piperazine rings is 1. The molecule has 86 valence electrons. The van der Waals surface area contributed by atoms with Crippen LogP contribution in [0.5, 0.6) is 0 Å². The Morgan fingerprint density at radius 3 is 2.56 bits per heavy atom. The maximum atomic E-state index is 3.36. The molecule has 0 spiro atoms. The molecule has 1 heterocycles. The maximum Gasteiger partial charge on any atom is 0.0167 e. The smallest absolute Gasteiger partial charge is 0.0167 e. The second kappa shape index (κ2) is 5.83. The second-order valence-electron chi connectivity index (χ2n) is 4.36. The van der Waals surface area contributed by atoms with Gasteiger partial charge in [-0.25, -0.2) is 0 Å². The lowest BCUT2D eigenvalue weighted by molar-refractivity contribution is 0.265. The standard InChI is InChI=1S/C14H20N2/c1-13-4-6-14(7-5-13)3-2-10-16-11-8-15-9-12-16/h2-7,15H,8-12H2,1H3/b3-2+. The molecule has 0 unspecified atom stereocenters. The van der Waals surface area contributed by atoms with Gasteiger partial charge < -0.3 is 5.32 Å². The Kier molecular flexibility index (Phi) is 4.14. The number of hydrogen-bond acceptors (Lipinski definition) is 2. The number of benzene rings is 1. The van der Waals surface area contributed by atoms with Crippen molar-refractivity contribution in [1.82, 2.24) is 10.2 Å². The van der Waals surface area contributed by atoms with E-state index in [-0.39, 0.29) is 0 Å². The predicted molar refractivity (Wildman–Crippen MR) is 69.5 cm³/mol. The molecule has 0 amide bonds. The van der Waals surface area contributed by atoms with E-state index in [1.54, 1.807) is 0 Å². The van der Waals surface area contributed by atoms with Gasteiger partial charge in [0.25, 0.3) is 0 Å². The van der Waals surface area contributed by atoms with Crippen LogP contribution >= 0.6 is 0 Å². The van der Waals surface area contributed by atoms with Crippen LogP contribution in [0, 0.1) is 6.92 Å². The summed E-state index contributed by atoms with van der Waals surface area (Å²) in [5.41, 5.74) is 2.61. The molecule has 0 atom stereocenters. The van der Waals surface area contributed by atoms with Crippen molar-refractivity contribution in [3.05, 3.63) is 41.5 Å². The van der Waals surface area contributed by atoms with Gasteiger partial charge in [-0.1, -0.05) is 42.0 Å². The van der Waals surface area contributed by atoms with Gasteiger partial charge in [-0.3, -0.25) is 4.90 Å². The molecule has 2 heteroatoms. The Hall–Kier alpha value is -1.12. The zero-order chi connectivity index (χ0) is 11.2. The van der Waals surface area contributed by atoms with Crippen LogP contribution in [0.3, 0.4) is 0 Å². The second-order valence-corrected chi connectivity index (χ2v) is 4.36. The topological polar surface area (TPSA) is 15.3 Å². The molecule has 1 aromatic rings. The van der Waals surface area contributed by atoms with Crippen molar-refractivity contribution in [2.24, 2.45) is 0 Å². The summed E-state index contributed by atoms with van der Waals surface area (Å²) < 4.78 is 0. The summed E-state index contributed by atoms with van der Waals surface area (Å²) in [5.74, 6) is 0. The molecule has 0 aromatic heterocycles. The highest BCUT2D eigenvalue weighted by molar-refractivity contribution is 5.49. The number of nitrogens with zero attached hydrogens (tertiary/aromatic N) is 1. The van der Waals surface area contributed by atoms with Crippen molar-refractivity contribution in [3.8, 4) is 0 Å². The molecule has 1 aliphatic heterocycles. The fourth-order valence-electron chi connectivity index (χ4n) is 1.91. The summed E-state index contributed by atoms with van der Waals surface area (Å²) in [4.78, 5) is 2.47. The predicted octanol–water partition coefficient (Wildman–Crippen LogP) is 1.91. The Morgan fingerprint density at radius 2 is 1.88 bits per heavy atom. The molecule has 1 aromatic carbocycles. The minimum atomic E-state index is 1.07. The molecular formula is C14H20N2. The largest absolute Gasteiger partial charge is 0.314 e. The maximum absolute atomic E-state index is 3.36. The Labute approximate surface area is 98.0 Å². The third-order valence-electron chi connectivity index (χ3n) is 2.96. The lowest BCUT2D eigenvalue weighted by atomic mass is 10.1. The van der Waals surface area contributed by atoms with Gasteiger partial charge in [-0.05, 0) is 12.5 Å². The molecule has 0 saturated carbocycles. The van der Waals surface area contributed by atoms with Gasteiger partial charge in [0.1, 0.15) is 0 Å². The summed E-state index contributed by atoms with van der Waals surface area (Å²) in [6.45, 7) is 7.76. The molecule has 1 N–H and O–H groups in total. The fourth-order valence-corrected chi connectivity index (χ4v) is 1.91. The summed E-state index contributed by atoms with van der Waals surface area (Å²) in [5, 5.41) is 3.36. The van der Waals surface area contributed by atoms with Gasteiger partial charge in [0.15, 0.2) is 0 Å². The van der Waals surface area contributed by atoms with Gasteiger partial charge in [0.2, 0.25) is 0 Å². The molecule has 16 heavy (non-hydrogen) atoms. The lowest BCUT2D eigenvalue weighted by Crippen LogP contribution is -2.43. The van der Waals surface area contributed by atoms with Gasteiger partial charge in [-0.15, -0.1) is 0 Å². The average molecular weight is 216 g/mol. The van der Waals surface area contributed by atoms with E-state index in [9.17, 15) is 0 Å². The molecule has 2 nitrogen and oxygen atoms in total. The van der Waals surface area contributed by atoms with Gasteiger partial charge in [0.05, 0.1) is 0 Å². The van der Waals surface area contributed by atoms with E-state index in [0.717, 1.165) is 32.7 Å². The first-order valence-corrected chi connectivity index (χ1v) is 6.01. The first-order chi connectivity index (χ1) is 7.84. The number of rotatable bonds is 3. The zero-order valence-corrected chi connectivity index (χ0v) is 9.95. The average Bonchev–Trinajstić information content (AvgIpc) is 2.33. The van der Waals surface area contributed by atoms with E-state index in [1.807, 2.05) is 0 Å². The van der Waals surface area contributed by atoms with Crippen LogP contribution < -0.4 is 5.32 Å². The van der Waals surface area contributed by atoms with E-state index in [0.29, 0.717) is 0 Å². The zero-order valence-electron chi connectivity index (χ0n) is 9.95. The Bertz CT molecular complexity index is 334. The summed E-state index contributed by atoms with van der Waals surface area (Å²) in [6, 6.07) is 8.65. The summed E-state index contributed by atoms with van der Waals surface area (Å²) in [7, 11) is 0. The van der Waals surface area contributed by atoms with Crippen LogP contribution in [-0.2, 0) is 0 Å². The van der Waals surface area contributed by atoms with Crippen LogP contribution in [0.1, 0.15) is 11.1 Å². The van der Waals surface area contributed by atoms with Crippen molar-refractivity contribution in [1.29, 1.82) is 0 Å². The molecule has 0 radical (unpaired) electrons. The quantitative estimate of drug-likeness (QED) is 0.830. The van der Waals surface area contributed by atoms with E-state index in [1.165, 1.54) is 11.1 Å². The van der Waals surface area contributed by atoms with Crippen molar-refractivity contribution in [3.63, 3.8) is 0 Å². The summed E-state index contributed by atoms with van der Waals surface area (Å²) >= 11 is 0. The molecule has 0 bridgehead atoms. The first kappa shape index (κ1) is 11.4. The summed E-state index contributed by atoms with van der Waals surface area (Å²) in [6.07, 6.45) is 4.47. The normalized spacial score (nSPS) is 18.1. The highest BCUT2D eigenvalue weighted by atomic mass is 15.2. The van der Waals surface area contributed by atoms with Crippen molar-refractivity contribution < 1.29 is 0 Å². The van der Waals surface area contributed by atoms with Crippen molar-refractivity contribution in [2.75, 3.05) is 32.7 Å². The molecular weight excluding hydrogens is 196 g/mol. The SMILES string of the molecule is Cc1ccc(/C=C/CN2CCNCC2)cc1. The molecule has 0 aliphatic carbocycles. The molecule has 1 saturated heterocycles. The van der Waals surface area contributed by atoms with E-state index < -0.39 is 0 Å². The highest BCUT2D eigenvalue weighted by Gasteiger charge is 2.06. The third-order valence-corrected chi connectivity index (χ3v) is 2.96. The monoisotopic (exact) mass is 216 g/mol. The first-order valence-electron chi connectivity index (χ1n) is 6.01. The van der Waals surface area contributed by atoms with Crippen LogP contribution in [0.4, 0.5) is 0 Å². The van der Waals surface area contributed by atoms with Crippen LogP contribution in [0.15, 0.2) is 30.3 Å². The molecule has 1 fully saturated rings. The van der Waals surface area contributed by atoms with Crippen molar-refractivity contribution >= 4 is 6.08 Å². The van der Waals surface area contributed by atoms with Crippen LogP contribution in [0.25, 0.3) is 6.08 Å². The molecule has 1 aliphatic rings. The fraction of sp³-hybridized carbons (Fsp3) is 0.429. The Morgan fingerprint density at radius 1 is 1.19 bits per heavy atom. The highest BCUT2D eigenvalue weighted by Crippen LogP contribution is 2.05. The van der Waals surface area contributed by atoms with E-state index >= 15 is 0 Å². The van der Waals surface area contributed by atoms with Crippen LogP contribution in [-0.4, -0.2) is 37.6 Å². The van der Waals surface area contributed by atoms with Crippen LogP contribution in [0.2, 0.25) is 0 Å². The minimum Gasteiger partial charge on any atom is -0.314 e. The number of nitrogens with one attached hydrogen (secondary N) is 1. The minimum absolute atomic E-state index is 1.07. The van der Waals surface area contributed by atoms with E-state index in [2.05, 4.69) is 53.6 Å². The van der Waals surface area contributed by atoms with Gasteiger partial charge in [-0.2, -0.15) is 0 Å². The van der Waals surface area contributed by atoms with Gasteiger partial charge in [0, 0.05) is 32.7 Å².